The molecule has 37 heavy (non-hydrogen) atoms. The summed E-state index contributed by atoms with van der Waals surface area (Å²) in [6, 6.07) is 0.992. The number of amides is 2. The average molecular weight is 542 g/mol. The molecule has 1 fully saturated rings. The molecule has 2 N–H and O–H groups in total. The number of hydrogen-bond acceptors (Lipinski definition) is 8. The first-order valence-corrected chi connectivity index (χ1v) is 12.2. The zero-order valence-electron chi connectivity index (χ0n) is 20.7. The molecule has 4 aliphatic rings. The van der Waals surface area contributed by atoms with Crippen LogP contribution < -0.4 is 25.1 Å². The van der Waals surface area contributed by atoms with Gasteiger partial charge in [-0.25, -0.2) is 19.8 Å². The molecule has 1 unspecified atom stereocenters. The molecule has 5 heterocycles. The monoisotopic (exact) mass is 541 g/mol. The Morgan fingerprint density at radius 2 is 2.14 bits per heavy atom. The predicted molar refractivity (Wildman–Crippen MR) is 130 cm³/mol. The lowest BCUT2D eigenvalue weighted by atomic mass is 9.86. The molecule has 0 spiro atoms. The SMILES string of the molecule is CNC(=O)N1CC(C)(C(F)(F)F)C2=C1C=NC1=C[C@@H](Cl)N(c3cc(C)c(OC)c(O[C@H]4CCNC4)n3)N12. The van der Waals surface area contributed by atoms with Crippen molar-refractivity contribution < 1.29 is 27.4 Å². The normalized spacial score (nSPS) is 26.9. The Bertz CT molecular complexity index is 1210. The first-order chi connectivity index (χ1) is 17.5. The second-order valence-electron chi connectivity index (χ2n) is 9.39. The number of nitrogens with one attached hydrogen (secondary N) is 2. The molecule has 4 aliphatic heterocycles. The summed E-state index contributed by atoms with van der Waals surface area (Å²) in [7, 11) is 2.86. The van der Waals surface area contributed by atoms with E-state index in [1.807, 2.05) is 0 Å². The Kier molecular flexibility index (Phi) is 6.18. The third kappa shape index (κ3) is 3.95. The summed E-state index contributed by atoms with van der Waals surface area (Å²) in [5.74, 6) is 1.09. The zero-order chi connectivity index (χ0) is 26.7. The van der Waals surface area contributed by atoms with Crippen LogP contribution in [0.1, 0.15) is 18.9 Å². The maximum absolute atomic E-state index is 14.6. The van der Waals surface area contributed by atoms with Crippen LogP contribution in [0.25, 0.3) is 0 Å². The first kappa shape index (κ1) is 25.5. The number of aryl methyl sites for hydroxylation is 1. The minimum atomic E-state index is -4.68. The van der Waals surface area contributed by atoms with Gasteiger partial charge in [-0.2, -0.15) is 18.2 Å². The van der Waals surface area contributed by atoms with Gasteiger partial charge in [-0.1, -0.05) is 11.6 Å². The highest BCUT2D eigenvalue weighted by Crippen LogP contribution is 2.55. The van der Waals surface area contributed by atoms with Gasteiger partial charge in [0.1, 0.15) is 17.0 Å². The Morgan fingerprint density at radius 3 is 2.76 bits per heavy atom. The molecule has 0 aliphatic carbocycles. The second-order valence-corrected chi connectivity index (χ2v) is 9.83. The van der Waals surface area contributed by atoms with Crippen LogP contribution in [0.15, 0.2) is 34.3 Å². The molecule has 1 aromatic rings. The number of anilines is 1. The third-order valence-corrected chi connectivity index (χ3v) is 7.26. The van der Waals surface area contributed by atoms with Gasteiger partial charge in [0.2, 0.25) is 0 Å². The molecule has 5 rings (SSSR count). The number of carbonyl (C=O) groups is 1. The number of halogens is 4. The number of aromatic nitrogens is 1. The second kappa shape index (κ2) is 8.98. The molecular weight excluding hydrogens is 515 g/mol. The lowest BCUT2D eigenvalue weighted by Gasteiger charge is -2.41. The number of pyridine rings is 1. The van der Waals surface area contributed by atoms with Crippen LogP contribution >= 0.6 is 11.6 Å². The van der Waals surface area contributed by atoms with Gasteiger partial charge in [0, 0.05) is 25.7 Å². The minimum absolute atomic E-state index is 0.0332. The van der Waals surface area contributed by atoms with Crippen LogP contribution in [0.3, 0.4) is 0 Å². The van der Waals surface area contributed by atoms with Gasteiger partial charge < -0.3 is 20.1 Å². The number of methoxy groups -OCH3 is 1. The lowest BCUT2D eigenvalue weighted by Crippen LogP contribution is -2.50. The first-order valence-electron chi connectivity index (χ1n) is 11.7. The molecule has 0 bridgehead atoms. The molecule has 3 atom stereocenters. The van der Waals surface area contributed by atoms with Crippen LogP contribution in [0.5, 0.6) is 11.6 Å². The van der Waals surface area contributed by atoms with Crippen LogP contribution in [0, 0.1) is 12.3 Å². The van der Waals surface area contributed by atoms with E-state index in [1.165, 1.54) is 36.5 Å². The quantitative estimate of drug-likeness (QED) is 0.447. The average Bonchev–Trinajstić information content (AvgIpc) is 3.54. The number of rotatable bonds is 4. The van der Waals surface area contributed by atoms with Gasteiger partial charge >= 0.3 is 12.2 Å². The number of carbonyl (C=O) groups excluding carboxylic acids is 1. The number of hydrogen-bond donors (Lipinski definition) is 2. The Hall–Kier alpha value is -3.19. The summed E-state index contributed by atoms with van der Waals surface area (Å²) in [6.45, 7) is 3.68. The summed E-state index contributed by atoms with van der Waals surface area (Å²) in [5.41, 5.74) is -2.78. The van der Waals surface area contributed by atoms with E-state index >= 15 is 0 Å². The van der Waals surface area contributed by atoms with E-state index in [4.69, 9.17) is 21.1 Å². The summed E-state index contributed by atoms with van der Waals surface area (Å²) in [5, 5.41) is 8.35. The molecule has 10 nitrogen and oxygen atoms in total. The number of nitrogens with zero attached hydrogens (tertiary/aromatic N) is 5. The number of fused-ring (bicyclic) bond motifs is 2. The van der Waals surface area contributed by atoms with Crippen molar-refractivity contribution in [3.8, 4) is 11.6 Å². The van der Waals surface area contributed by atoms with Crippen molar-refractivity contribution in [3.05, 3.63) is 34.9 Å². The maximum Gasteiger partial charge on any atom is 0.401 e. The lowest BCUT2D eigenvalue weighted by molar-refractivity contribution is -0.206. The van der Waals surface area contributed by atoms with E-state index in [2.05, 4.69) is 20.6 Å². The highest BCUT2D eigenvalue weighted by Gasteiger charge is 2.63. The fourth-order valence-corrected chi connectivity index (χ4v) is 5.31. The Morgan fingerprint density at radius 1 is 1.38 bits per heavy atom. The number of hydrazine groups is 1. The van der Waals surface area contributed by atoms with Crippen LogP contribution in [0.4, 0.5) is 23.8 Å². The number of ether oxygens (including phenoxy) is 2. The molecule has 1 aromatic heterocycles. The highest BCUT2D eigenvalue weighted by molar-refractivity contribution is 6.23. The number of aliphatic imine (C=N–C) groups is 1. The van der Waals surface area contributed by atoms with Crippen LogP contribution in [-0.2, 0) is 0 Å². The minimum Gasteiger partial charge on any atom is -0.491 e. The van der Waals surface area contributed by atoms with Gasteiger partial charge in [0.15, 0.2) is 17.4 Å². The maximum atomic E-state index is 14.6. The molecule has 2 amide bonds. The van der Waals surface area contributed by atoms with E-state index in [0.29, 0.717) is 17.9 Å². The molecule has 1 saturated heterocycles. The summed E-state index contributed by atoms with van der Waals surface area (Å²) in [6.07, 6.45) is -1.24. The van der Waals surface area contributed by atoms with E-state index in [0.717, 1.165) is 24.8 Å². The standard InChI is InChI=1S/C23H27ClF3N7O3/c1-12-7-17(31-20(18(12)36-4)37-13-5-6-29-9-13)33-15(24)8-16-30-10-14-19(34(16)33)22(2,23(25,26)27)11-32(14)21(35)28-3/h7-8,10,13,15,29H,5-6,9,11H2,1-4H3,(H,28,35)/t13-,15-,22?/m0/s1. The van der Waals surface area contributed by atoms with E-state index in [9.17, 15) is 18.0 Å². The van der Waals surface area contributed by atoms with Gasteiger partial charge in [-0.05, 0) is 39.0 Å². The molecule has 0 saturated carbocycles. The van der Waals surface area contributed by atoms with Gasteiger partial charge in [-0.3, -0.25) is 4.90 Å². The van der Waals surface area contributed by atoms with E-state index < -0.39 is 29.7 Å². The largest absolute Gasteiger partial charge is 0.491 e. The molecule has 14 heteroatoms. The van der Waals surface area contributed by atoms with E-state index in [1.54, 1.807) is 13.0 Å². The number of alkyl halides is 4. The smallest absolute Gasteiger partial charge is 0.401 e. The van der Waals surface area contributed by atoms with Gasteiger partial charge in [0.25, 0.3) is 5.88 Å². The van der Waals surface area contributed by atoms with E-state index in [-0.39, 0.29) is 35.0 Å². The summed E-state index contributed by atoms with van der Waals surface area (Å²) in [4.78, 5) is 22.5. The molecular formula is C23H27ClF3N7O3. The topological polar surface area (TPSA) is 94.6 Å². The summed E-state index contributed by atoms with van der Waals surface area (Å²) < 4.78 is 55.4. The molecule has 0 aromatic carbocycles. The summed E-state index contributed by atoms with van der Waals surface area (Å²) >= 11 is 6.68. The van der Waals surface area contributed by atoms with Gasteiger partial charge in [0.05, 0.1) is 24.7 Å². The van der Waals surface area contributed by atoms with Crippen molar-refractivity contribution in [2.45, 2.75) is 38.0 Å². The molecule has 200 valence electrons. The third-order valence-electron chi connectivity index (χ3n) is 6.95. The van der Waals surface area contributed by atoms with Crippen LogP contribution in [-0.4, -0.2) is 78.7 Å². The Balaban J connectivity index is 1.63. The van der Waals surface area contributed by atoms with Crippen molar-refractivity contribution in [2.75, 3.05) is 38.8 Å². The van der Waals surface area contributed by atoms with Crippen molar-refractivity contribution in [2.24, 2.45) is 10.4 Å². The van der Waals surface area contributed by atoms with Crippen molar-refractivity contribution in [3.63, 3.8) is 0 Å². The highest BCUT2D eigenvalue weighted by atomic mass is 35.5. The molecule has 0 radical (unpaired) electrons. The fourth-order valence-electron chi connectivity index (χ4n) is 5.01. The Labute approximate surface area is 216 Å². The fraction of sp³-hybridized carbons (Fsp3) is 0.522. The van der Waals surface area contributed by atoms with Crippen LogP contribution in [0.2, 0.25) is 0 Å². The predicted octanol–water partition coefficient (Wildman–Crippen LogP) is 3.10. The van der Waals surface area contributed by atoms with Crippen molar-refractivity contribution in [1.82, 2.24) is 25.5 Å². The zero-order valence-corrected chi connectivity index (χ0v) is 21.4. The van der Waals surface area contributed by atoms with Gasteiger partial charge in [-0.15, -0.1) is 0 Å². The number of allylic oxidation sites excluding steroid dienone is 1. The van der Waals surface area contributed by atoms with Crippen molar-refractivity contribution in [1.29, 1.82) is 0 Å². The number of urea groups is 1. The van der Waals surface area contributed by atoms with Crippen molar-refractivity contribution >= 4 is 29.7 Å².